The van der Waals surface area contributed by atoms with E-state index in [2.05, 4.69) is 5.32 Å². The van der Waals surface area contributed by atoms with E-state index in [1.807, 2.05) is 6.92 Å². The Kier molecular flexibility index (Phi) is 6.51. The Morgan fingerprint density at radius 3 is 2.27 bits per heavy atom. The van der Waals surface area contributed by atoms with Gasteiger partial charge in [-0.3, -0.25) is 9.59 Å². The molecule has 4 N–H and O–H groups in total. The number of carboxylic acids is 1. The van der Waals surface area contributed by atoms with Gasteiger partial charge in [0.25, 0.3) is 0 Å². The van der Waals surface area contributed by atoms with Gasteiger partial charge in [-0.25, -0.2) is 13.6 Å². The number of carbonyl (C=O) groups excluding carboxylic acids is 1. The third kappa shape index (κ3) is 5.82. The van der Waals surface area contributed by atoms with Crippen LogP contribution in [0.5, 0.6) is 0 Å². The van der Waals surface area contributed by atoms with Crippen LogP contribution in [0.1, 0.15) is 32.6 Å². The Balaban J connectivity index is 2.56. The number of rotatable bonds is 8. The molecule has 8 heteroatoms. The van der Waals surface area contributed by atoms with Crippen LogP contribution in [0.25, 0.3) is 0 Å². The summed E-state index contributed by atoms with van der Waals surface area (Å²) < 4.78 is 22.2. The summed E-state index contributed by atoms with van der Waals surface area (Å²) in [5.74, 6) is -1.74. The van der Waals surface area contributed by atoms with Crippen LogP contribution in [-0.4, -0.2) is 25.4 Å². The molecule has 0 aliphatic heterocycles. The van der Waals surface area contributed by atoms with Crippen molar-refractivity contribution in [2.75, 3.05) is 5.32 Å². The number of anilines is 1. The highest BCUT2D eigenvalue weighted by atomic mass is 32.2. The van der Waals surface area contributed by atoms with E-state index in [1.54, 1.807) is 0 Å². The first-order valence-corrected chi connectivity index (χ1v) is 8.44. The number of amides is 1. The second-order valence-electron chi connectivity index (χ2n) is 4.98. The van der Waals surface area contributed by atoms with Gasteiger partial charge < -0.3 is 10.4 Å². The minimum Gasteiger partial charge on any atom is -0.481 e. The van der Waals surface area contributed by atoms with Crippen molar-refractivity contribution < 1.29 is 23.1 Å². The van der Waals surface area contributed by atoms with Crippen molar-refractivity contribution in [1.29, 1.82) is 0 Å². The molecule has 1 aromatic rings. The number of benzene rings is 1. The minimum absolute atomic E-state index is 0.0422. The molecule has 0 aliphatic carbocycles. The number of nitrogens with one attached hydrogen (secondary N) is 1. The van der Waals surface area contributed by atoms with Crippen molar-refractivity contribution in [3.63, 3.8) is 0 Å². The zero-order chi connectivity index (χ0) is 16.8. The molecular formula is C14H20N2O5S. The first-order valence-electron chi connectivity index (χ1n) is 6.89. The maximum absolute atomic E-state index is 11.8. The fraction of sp³-hybridized carbons (Fsp3) is 0.429. The average molecular weight is 328 g/mol. The van der Waals surface area contributed by atoms with E-state index in [4.69, 9.17) is 10.2 Å². The van der Waals surface area contributed by atoms with Crippen LogP contribution in [0, 0.1) is 5.92 Å². The van der Waals surface area contributed by atoms with Gasteiger partial charge in [0, 0.05) is 12.1 Å². The van der Waals surface area contributed by atoms with Crippen LogP contribution < -0.4 is 10.5 Å². The van der Waals surface area contributed by atoms with Crippen LogP contribution >= 0.6 is 0 Å². The molecule has 0 bridgehead atoms. The number of sulfonamides is 1. The van der Waals surface area contributed by atoms with Crippen LogP contribution in [0.4, 0.5) is 5.69 Å². The summed E-state index contributed by atoms with van der Waals surface area (Å²) in [5, 5.41) is 16.6. The van der Waals surface area contributed by atoms with Gasteiger partial charge in [-0.05, 0) is 37.1 Å². The average Bonchev–Trinajstić information content (AvgIpc) is 2.42. The van der Waals surface area contributed by atoms with E-state index in [9.17, 15) is 18.0 Å². The first kappa shape index (κ1) is 18.1. The van der Waals surface area contributed by atoms with Gasteiger partial charge in [0.1, 0.15) is 0 Å². The lowest BCUT2D eigenvalue weighted by Gasteiger charge is -2.11. The van der Waals surface area contributed by atoms with Crippen molar-refractivity contribution in [3.05, 3.63) is 24.3 Å². The number of carbonyl (C=O) groups is 2. The number of aliphatic carboxylic acids is 1. The molecule has 0 saturated heterocycles. The van der Waals surface area contributed by atoms with Crippen LogP contribution in [0.3, 0.4) is 0 Å². The molecule has 0 heterocycles. The zero-order valence-electron chi connectivity index (χ0n) is 12.3. The quantitative estimate of drug-likeness (QED) is 0.667. The lowest BCUT2D eigenvalue weighted by Crippen LogP contribution is -2.18. The minimum atomic E-state index is -3.76. The molecule has 0 fully saturated rings. The van der Waals surface area contributed by atoms with E-state index in [1.165, 1.54) is 24.3 Å². The van der Waals surface area contributed by atoms with Crippen molar-refractivity contribution in [2.24, 2.45) is 11.1 Å². The fourth-order valence-electron chi connectivity index (χ4n) is 2.00. The summed E-state index contributed by atoms with van der Waals surface area (Å²) in [6, 6.07) is 5.45. The van der Waals surface area contributed by atoms with Gasteiger partial charge in [-0.15, -0.1) is 0 Å². The van der Waals surface area contributed by atoms with Crippen LogP contribution in [-0.2, 0) is 19.6 Å². The molecule has 0 unspecified atom stereocenters. The largest absolute Gasteiger partial charge is 0.481 e. The Hall–Kier alpha value is -1.93. The van der Waals surface area contributed by atoms with E-state index in [0.717, 1.165) is 6.42 Å². The Morgan fingerprint density at radius 2 is 1.82 bits per heavy atom. The van der Waals surface area contributed by atoms with E-state index >= 15 is 0 Å². The van der Waals surface area contributed by atoms with Crippen LogP contribution in [0.15, 0.2) is 29.2 Å². The van der Waals surface area contributed by atoms with E-state index in [0.29, 0.717) is 12.1 Å². The summed E-state index contributed by atoms with van der Waals surface area (Å²) in [5.41, 5.74) is 0.430. The SMILES string of the molecule is CCC[C@@H](CCC(=O)Nc1ccc(S(N)(=O)=O)cc1)C(=O)O. The molecule has 0 saturated carbocycles. The Morgan fingerprint density at radius 1 is 1.23 bits per heavy atom. The normalized spacial score (nSPS) is 12.6. The molecule has 7 nitrogen and oxygen atoms in total. The number of nitrogens with two attached hydrogens (primary N) is 1. The lowest BCUT2D eigenvalue weighted by atomic mass is 9.98. The molecule has 22 heavy (non-hydrogen) atoms. The first-order chi connectivity index (χ1) is 10.2. The highest BCUT2D eigenvalue weighted by molar-refractivity contribution is 7.89. The van der Waals surface area contributed by atoms with Crippen molar-refractivity contribution in [3.8, 4) is 0 Å². The van der Waals surface area contributed by atoms with E-state index < -0.39 is 21.9 Å². The monoisotopic (exact) mass is 328 g/mol. The maximum Gasteiger partial charge on any atom is 0.306 e. The molecule has 1 rings (SSSR count). The predicted octanol–water partition coefficient (Wildman–Crippen LogP) is 1.55. The van der Waals surface area contributed by atoms with Gasteiger partial charge in [0.15, 0.2) is 0 Å². The summed E-state index contributed by atoms with van der Waals surface area (Å²) in [4.78, 5) is 22.7. The summed E-state index contributed by atoms with van der Waals surface area (Å²) in [6.07, 6.45) is 1.64. The predicted molar refractivity (Wildman–Crippen MR) is 81.7 cm³/mol. The third-order valence-corrected chi connectivity index (χ3v) is 4.10. The van der Waals surface area contributed by atoms with Gasteiger partial charge >= 0.3 is 5.97 Å². The standard InChI is InChI=1S/C14H20N2O5S/c1-2-3-10(14(18)19)4-9-13(17)16-11-5-7-12(8-6-11)22(15,20)21/h5-8,10H,2-4,9H2,1H3,(H,16,17)(H,18,19)(H2,15,20,21)/t10-/m0/s1. The second kappa shape index (κ2) is 7.90. The molecule has 1 atom stereocenters. The van der Waals surface area contributed by atoms with Crippen molar-refractivity contribution in [2.45, 2.75) is 37.5 Å². The third-order valence-electron chi connectivity index (χ3n) is 3.17. The van der Waals surface area contributed by atoms with Crippen molar-refractivity contribution in [1.82, 2.24) is 0 Å². The zero-order valence-corrected chi connectivity index (χ0v) is 13.1. The molecule has 1 aromatic carbocycles. The van der Waals surface area contributed by atoms with Gasteiger partial charge in [-0.2, -0.15) is 0 Å². The second-order valence-corrected chi connectivity index (χ2v) is 6.54. The molecule has 122 valence electrons. The summed E-state index contributed by atoms with van der Waals surface area (Å²) in [7, 11) is -3.76. The number of hydrogen-bond acceptors (Lipinski definition) is 4. The van der Waals surface area contributed by atoms with Gasteiger partial charge in [0.05, 0.1) is 10.8 Å². The summed E-state index contributed by atoms with van der Waals surface area (Å²) in [6.45, 7) is 1.89. The van der Waals surface area contributed by atoms with E-state index in [-0.39, 0.29) is 23.6 Å². The number of carboxylic acid groups (broad SMARTS) is 1. The highest BCUT2D eigenvalue weighted by Gasteiger charge is 2.17. The topological polar surface area (TPSA) is 127 Å². The smallest absolute Gasteiger partial charge is 0.306 e. The van der Waals surface area contributed by atoms with Crippen LogP contribution in [0.2, 0.25) is 0 Å². The molecule has 1 amide bonds. The highest BCUT2D eigenvalue weighted by Crippen LogP contribution is 2.16. The number of hydrogen-bond donors (Lipinski definition) is 3. The molecule has 0 spiro atoms. The Labute approximate surface area is 129 Å². The van der Waals surface area contributed by atoms with Crippen molar-refractivity contribution >= 4 is 27.6 Å². The summed E-state index contributed by atoms with van der Waals surface area (Å²) >= 11 is 0. The van der Waals surface area contributed by atoms with Gasteiger partial charge in [0.2, 0.25) is 15.9 Å². The fourth-order valence-corrected chi connectivity index (χ4v) is 2.51. The lowest BCUT2D eigenvalue weighted by molar-refractivity contribution is -0.142. The maximum atomic E-state index is 11.8. The molecule has 0 radical (unpaired) electrons. The molecule has 0 aliphatic rings. The number of primary sulfonamides is 1. The Bertz CT molecular complexity index is 625. The molecule has 0 aromatic heterocycles. The van der Waals surface area contributed by atoms with Gasteiger partial charge in [-0.1, -0.05) is 13.3 Å². The molecular weight excluding hydrogens is 308 g/mol.